The lowest BCUT2D eigenvalue weighted by Crippen LogP contribution is -2.30. The second-order valence-electron chi connectivity index (χ2n) is 11.7. The molecule has 0 aliphatic carbocycles. The highest BCUT2D eigenvalue weighted by molar-refractivity contribution is 7.86. The third-order valence-electron chi connectivity index (χ3n) is 9.12. The molecule has 6 aromatic carbocycles. The number of hydrogen-bond acceptors (Lipinski definition) is 8. The van der Waals surface area contributed by atoms with Crippen LogP contribution in [0.5, 0.6) is 34.5 Å². The maximum Gasteiger partial charge on any atom is 0.171 e. The van der Waals surface area contributed by atoms with Crippen LogP contribution >= 0.6 is 14.3 Å². The Morgan fingerprint density at radius 2 is 0.577 bits per heavy atom. The second kappa shape index (κ2) is 15.4. The molecule has 6 rings (SSSR count). The van der Waals surface area contributed by atoms with Crippen LogP contribution in [0.1, 0.15) is 0 Å². The van der Waals surface area contributed by atoms with Crippen LogP contribution in [-0.4, -0.2) is 42.7 Å². The summed E-state index contributed by atoms with van der Waals surface area (Å²) in [5, 5.41) is 3.22. The summed E-state index contributed by atoms with van der Waals surface area (Å²) in [6.45, 7) is 0. The summed E-state index contributed by atoms with van der Waals surface area (Å²) in [6, 6.07) is 39.8. The van der Waals surface area contributed by atoms with Gasteiger partial charge in [0.25, 0.3) is 0 Å². The summed E-state index contributed by atoms with van der Waals surface area (Å²) >= 11 is 0. The van der Waals surface area contributed by atoms with Gasteiger partial charge in [0.15, 0.2) is 14.3 Å². The van der Waals surface area contributed by atoms with Crippen LogP contribution in [0, 0.1) is 0 Å². The molecule has 0 N–H and O–H groups in total. The summed E-state index contributed by atoms with van der Waals surface area (Å²) in [5.74, 6) is 3.37. The Bertz CT molecular complexity index is 1980. The lowest BCUT2D eigenvalue weighted by Gasteiger charge is -2.28. The largest absolute Gasteiger partial charge is 0.497 e. The van der Waals surface area contributed by atoms with Crippen molar-refractivity contribution in [1.29, 1.82) is 0 Å². The van der Waals surface area contributed by atoms with Crippen molar-refractivity contribution in [2.75, 3.05) is 42.7 Å². The number of hydrogen-bond donors (Lipinski definition) is 0. The van der Waals surface area contributed by atoms with Crippen molar-refractivity contribution in [3.8, 4) is 45.6 Å². The number of ether oxygens (including phenoxy) is 6. The van der Waals surface area contributed by atoms with Crippen LogP contribution < -0.4 is 60.2 Å². The molecule has 0 spiro atoms. The van der Waals surface area contributed by atoms with E-state index < -0.39 is 14.3 Å². The van der Waals surface area contributed by atoms with Crippen LogP contribution in [0.2, 0.25) is 0 Å². The minimum absolute atomic E-state index is 0.432. The molecule has 0 unspecified atom stereocenters. The lowest BCUT2D eigenvalue weighted by molar-refractivity contribution is 0.411. The SMILES string of the molecule is COc1ccc(P(=O)(c2ccc(OC)cc2)c2cccc(OC)c2-c2c(OC)cccc2P(=O)(c2ccc(OC)cc2)c2ccc(OC)cc2)cc1. The molecule has 0 heterocycles. The van der Waals surface area contributed by atoms with Gasteiger partial charge >= 0.3 is 0 Å². The molecular weight excluding hydrogens is 694 g/mol. The normalized spacial score (nSPS) is 11.4. The average molecular weight is 735 g/mol. The third kappa shape index (κ3) is 6.45. The molecule has 0 radical (unpaired) electrons. The van der Waals surface area contributed by atoms with Gasteiger partial charge in [0.2, 0.25) is 0 Å². The first-order valence-corrected chi connectivity index (χ1v) is 19.8. The van der Waals surface area contributed by atoms with Crippen LogP contribution in [0.3, 0.4) is 0 Å². The van der Waals surface area contributed by atoms with Gasteiger partial charge in [0.05, 0.1) is 42.7 Å². The summed E-state index contributed by atoms with van der Waals surface area (Å²) in [7, 11) is 2.05. The molecule has 0 amide bonds. The summed E-state index contributed by atoms with van der Waals surface area (Å²) in [6.07, 6.45) is 0. The molecular formula is C42H40O8P2. The van der Waals surface area contributed by atoms with Gasteiger partial charge in [-0.3, -0.25) is 0 Å². The van der Waals surface area contributed by atoms with Crippen molar-refractivity contribution in [2.45, 2.75) is 0 Å². The summed E-state index contributed by atoms with van der Waals surface area (Å²) < 4.78 is 66.5. The van der Waals surface area contributed by atoms with Gasteiger partial charge < -0.3 is 37.6 Å². The van der Waals surface area contributed by atoms with Gasteiger partial charge in [0, 0.05) is 43.0 Å². The molecule has 266 valence electrons. The minimum Gasteiger partial charge on any atom is -0.497 e. The van der Waals surface area contributed by atoms with Crippen LogP contribution in [0.15, 0.2) is 133 Å². The maximum atomic E-state index is 16.2. The predicted molar refractivity (Wildman–Crippen MR) is 210 cm³/mol. The minimum atomic E-state index is -3.72. The first-order chi connectivity index (χ1) is 25.3. The van der Waals surface area contributed by atoms with Gasteiger partial charge in [-0.1, -0.05) is 12.1 Å². The molecule has 0 aliphatic rings. The lowest BCUT2D eigenvalue weighted by atomic mass is 10.0. The highest BCUT2D eigenvalue weighted by Gasteiger charge is 2.39. The molecule has 0 aromatic heterocycles. The van der Waals surface area contributed by atoms with E-state index in [0.717, 1.165) is 0 Å². The van der Waals surface area contributed by atoms with Crippen molar-refractivity contribution in [3.05, 3.63) is 133 Å². The molecule has 52 heavy (non-hydrogen) atoms. The van der Waals surface area contributed by atoms with Gasteiger partial charge in [-0.2, -0.15) is 0 Å². The Labute approximate surface area is 304 Å². The zero-order valence-corrected chi connectivity index (χ0v) is 31.7. The van der Waals surface area contributed by atoms with Crippen molar-refractivity contribution >= 4 is 46.1 Å². The van der Waals surface area contributed by atoms with E-state index in [9.17, 15) is 0 Å². The Morgan fingerprint density at radius 3 is 0.788 bits per heavy atom. The fraction of sp³-hybridized carbons (Fsp3) is 0.143. The summed E-state index contributed by atoms with van der Waals surface area (Å²) in [5.41, 5.74) is 0.990. The van der Waals surface area contributed by atoms with Crippen LogP contribution in [0.25, 0.3) is 11.1 Å². The van der Waals surface area contributed by atoms with Gasteiger partial charge in [-0.25, -0.2) is 0 Å². The van der Waals surface area contributed by atoms with Crippen molar-refractivity contribution in [3.63, 3.8) is 0 Å². The first-order valence-electron chi connectivity index (χ1n) is 16.4. The summed E-state index contributed by atoms with van der Waals surface area (Å²) in [4.78, 5) is 0. The van der Waals surface area contributed by atoms with E-state index in [1.54, 1.807) is 91.2 Å². The number of methoxy groups -OCH3 is 6. The Morgan fingerprint density at radius 1 is 0.327 bits per heavy atom. The van der Waals surface area contributed by atoms with E-state index in [1.807, 2.05) is 84.9 Å². The Hall–Kier alpha value is -5.42. The van der Waals surface area contributed by atoms with Gasteiger partial charge in [-0.05, 0) is 121 Å². The zero-order chi connectivity index (χ0) is 36.9. The number of benzene rings is 6. The quantitative estimate of drug-likeness (QED) is 0.122. The van der Waals surface area contributed by atoms with Crippen molar-refractivity contribution < 1.29 is 37.6 Å². The topological polar surface area (TPSA) is 89.5 Å². The third-order valence-corrected chi connectivity index (χ3v) is 15.3. The standard InChI is InChI=1S/C42H40O8P2/c1-45-29-13-21-33(22-14-29)51(43,34-23-15-30(46-2)16-24-34)39-11-7-9-37(49-5)41(39)42-38(50-6)10-8-12-40(42)52(44,35-25-17-31(47-3)18-26-35)36-27-19-32(48-4)20-28-36/h7-28H,1-6H3. The van der Waals surface area contributed by atoms with Gasteiger partial charge in [-0.15, -0.1) is 0 Å². The fourth-order valence-electron chi connectivity index (χ4n) is 6.43. The van der Waals surface area contributed by atoms with E-state index in [4.69, 9.17) is 28.4 Å². The molecule has 0 atom stereocenters. The van der Waals surface area contributed by atoms with E-state index >= 15 is 9.13 Å². The Balaban J connectivity index is 1.74. The maximum absolute atomic E-state index is 16.2. The molecule has 0 fully saturated rings. The Kier molecular flexibility index (Phi) is 10.8. The van der Waals surface area contributed by atoms with E-state index in [0.29, 0.717) is 77.5 Å². The predicted octanol–water partition coefficient (Wildman–Crippen LogP) is 6.68. The molecule has 0 saturated heterocycles. The number of rotatable bonds is 13. The molecule has 6 aromatic rings. The van der Waals surface area contributed by atoms with Crippen molar-refractivity contribution in [1.82, 2.24) is 0 Å². The van der Waals surface area contributed by atoms with E-state index in [-0.39, 0.29) is 0 Å². The molecule has 0 bridgehead atoms. The van der Waals surface area contributed by atoms with E-state index in [2.05, 4.69) is 0 Å². The molecule has 0 saturated carbocycles. The molecule has 10 heteroatoms. The smallest absolute Gasteiger partial charge is 0.171 e. The van der Waals surface area contributed by atoms with Crippen LogP contribution in [-0.2, 0) is 9.13 Å². The highest BCUT2D eigenvalue weighted by Crippen LogP contribution is 2.53. The van der Waals surface area contributed by atoms with Crippen molar-refractivity contribution in [2.24, 2.45) is 0 Å². The van der Waals surface area contributed by atoms with E-state index in [1.165, 1.54) is 0 Å². The highest BCUT2D eigenvalue weighted by atomic mass is 31.2. The fourth-order valence-corrected chi connectivity index (χ4v) is 12.1. The average Bonchev–Trinajstić information content (AvgIpc) is 3.22. The zero-order valence-electron chi connectivity index (χ0n) is 29.9. The first kappa shape index (κ1) is 36.4. The second-order valence-corrected chi connectivity index (χ2v) is 17.2. The monoisotopic (exact) mass is 734 g/mol. The molecule has 8 nitrogen and oxygen atoms in total. The van der Waals surface area contributed by atoms with Crippen LogP contribution in [0.4, 0.5) is 0 Å². The molecule has 0 aliphatic heterocycles. The van der Waals surface area contributed by atoms with Gasteiger partial charge in [0.1, 0.15) is 34.5 Å².